The lowest BCUT2D eigenvalue weighted by Gasteiger charge is -2.06. The number of benzene rings is 1. The predicted molar refractivity (Wildman–Crippen MR) is 81.5 cm³/mol. The first-order chi connectivity index (χ1) is 8.97. The minimum atomic E-state index is 0.117. The predicted octanol–water partition coefficient (Wildman–Crippen LogP) is 1.51. The van der Waals surface area contributed by atoms with Gasteiger partial charge in [0.05, 0.1) is 0 Å². The Bertz CT molecular complexity index is 468. The van der Waals surface area contributed by atoms with Gasteiger partial charge in [-0.15, -0.1) is 0 Å². The van der Waals surface area contributed by atoms with E-state index in [0.717, 1.165) is 17.0 Å². The van der Waals surface area contributed by atoms with E-state index < -0.39 is 0 Å². The van der Waals surface area contributed by atoms with Crippen molar-refractivity contribution in [3.05, 3.63) is 34.9 Å². The van der Waals surface area contributed by atoms with E-state index >= 15 is 0 Å². The van der Waals surface area contributed by atoms with E-state index in [9.17, 15) is 0 Å². The average molecular weight is 282 g/mol. The molecular weight excluding hydrogens is 262 g/mol. The van der Waals surface area contributed by atoms with Crippen LogP contribution in [0.25, 0.3) is 0 Å². The van der Waals surface area contributed by atoms with Crippen molar-refractivity contribution in [2.45, 2.75) is 26.3 Å². The molecule has 0 spiro atoms. The van der Waals surface area contributed by atoms with Crippen LogP contribution in [0.1, 0.15) is 19.4 Å². The molecule has 0 aromatic heterocycles. The first kappa shape index (κ1) is 15.3. The second-order valence-corrected chi connectivity index (χ2v) is 4.82. The van der Waals surface area contributed by atoms with Gasteiger partial charge < -0.3 is 11.5 Å². The summed E-state index contributed by atoms with van der Waals surface area (Å²) in [5, 5.41) is 3.46. The minimum Gasteiger partial charge on any atom is -0.370 e. The highest BCUT2D eigenvalue weighted by atomic mass is 35.5. The molecule has 0 atom stereocenters. The van der Waals surface area contributed by atoms with Gasteiger partial charge in [0.1, 0.15) is 0 Å². The highest BCUT2D eigenvalue weighted by Gasteiger charge is 1.97. The van der Waals surface area contributed by atoms with E-state index in [2.05, 4.69) is 15.3 Å². The molecule has 6 heteroatoms. The van der Waals surface area contributed by atoms with E-state index in [0.29, 0.717) is 6.54 Å². The molecule has 104 valence electrons. The van der Waals surface area contributed by atoms with Gasteiger partial charge in [-0.1, -0.05) is 23.7 Å². The molecule has 0 fully saturated rings. The average Bonchev–Trinajstić information content (AvgIpc) is 2.27. The van der Waals surface area contributed by atoms with E-state index in [1.165, 1.54) is 0 Å². The van der Waals surface area contributed by atoms with Gasteiger partial charge in [0.25, 0.3) is 0 Å². The van der Waals surface area contributed by atoms with Crippen molar-refractivity contribution < 1.29 is 0 Å². The van der Waals surface area contributed by atoms with Gasteiger partial charge in [-0.3, -0.25) is 15.3 Å². The number of aliphatic imine (C=N–C) groups is 2. The van der Waals surface area contributed by atoms with Crippen molar-refractivity contribution in [2.24, 2.45) is 21.5 Å². The van der Waals surface area contributed by atoms with Gasteiger partial charge in [-0.2, -0.15) is 0 Å². The Balaban J connectivity index is 2.44. The topological polar surface area (TPSA) is 88.8 Å². The maximum atomic E-state index is 5.90. The summed E-state index contributed by atoms with van der Waals surface area (Å²) in [4.78, 5) is 8.28. The van der Waals surface area contributed by atoms with Crippen LogP contribution in [0.15, 0.2) is 34.3 Å². The second kappa shape index (κ2) is 7.63. The zero-order valence-electron chi connectivity index (χ0n) is 11.2. The Morgan fingerprint density at radius 3 is 2.68 bits per heavy atom. The van der Waals surface area contributed by atoms with Gasteiger partial charge in [0, 0.05) is 17.6 Å². The molecule has 1 aromatic carbocycles. The standard InChI is InChI=1S/C13H20ClN5/c1-9(2)18-13(16)19-12(15)17-7-6-10-4-3-5-11(14)8-10/h3-5,8-9H,6-7H2,1-2H3,(H5,15,16,17,18,19). The molecule has 0 saturated carbocycles. The summed E-state index contributed by atoms with van der Waals surface area (Å²) in [5.41, 5.74) is 12.5. The number of nitrogens with one attached hydrogen (secondary N) is 1. The summed E-state index contributed by atoms with van der Waals surface area (Å²) in [6.07, 6.45) is 0.768. The highest BCUT2D eigenvalue weighted by molar-refractivity contribution is 6.30. The fraction of sp³-hybridized carbons (Fsp3) is 0.385. The SMILES string of the molecule is CC(C)N=C(N)NC(N)=NCCc1cccc(Cl)c1. The van der Waals surface area contributed by atoms with E-state index in [1.807, 2.05) is 38.1 Å². The van der Waals surface area contributed by atoms with Gasteiger partial charge in [0.15, 0.2) is 11.9 Å². The molecule has 19 heavy (non-hydrogen) atoms. The summed E-state index contributed by atoms with van der Waals surface area (Å²) in [7, 11) is 0. The first-order valence-corrected chi connectivity index (χ1v) is 6.50. The lowest BCUT2D eigenvalue weighted by atomic mass is 10.1. The first-order valence-electron chi connectivity index (χ1n) is 6.12. The molecule has 5 nitrogen and oxygen atoms in total. The summed E-state index contributed by atoms with van der Waals surface area (Å²) in [6.45, 7) is 4.43. The Labute approximate surface area is 118 Å². The van der Waals surface area contributed by atoms with Crippen LogP contribution in [0.4, 0.5) is 0 Å². The number of hydrogen-bond donors (Lipinski definition) is 3. The Morgan fingerprint density at radius 2 is 2.05 bits per heavy atom. The molecule has 1 aromatic rings. The van der Waals surface area contributed by atoms with Crippen molar-refractivity contribution >= 4 is 23.5 Å². The number of hydrogen-bond acceptors (Lipinski definition) is 2. The molecule has 0 heterocycles. The monoisotopic (exact) mass is 281 g/mol. The maximum Gasteiger partial charge on any atom is 0.195 e. The van der Waals surface area contributed by atoms with Crippen LogP contribution in [0.2, 0.25) is 5.02 Å². The molecule has 1 rings (SSSR count). The normalized spacial score (nSPS) is 12.8. The molecule has 5 N–H and O–H groups in total. The van der Waals surface area contributed by atoms with Crippen LogP contribution in [0, 0.1) is 0 Å². The van der Waals surface area contributed by atoms with Crippen LogP contribution in [0.5, 0.6) is 0 Å². The Kier molecular flexibility index (Phi) is 6.15. The molecule has 0 saturated heterocycles. The second-order valence-electron chi connectivity index (χ2n) is 4.38. The zero-order valence-corrected chi connectivity index (χ0v) is 12.0. The summed E-state index contributed by atoms with van der Waals surface area (Å²) in [5.74, 6) is 0.544. The molecule has 0 aliphatic heterocycles. The van der Waals surface area contributed by atoms with E-state index in [4.69, 9.17) is 23.1 Å². The van der Waals surface area contributed by atoms with Crippen molar-refractivity contribution in [3.8, 4) is 0 Å². The zero-order chi connectivity index (χ0) is 14.3. The van der Waals surface area contributed by atoms with Gasteiger partial charge in [0.2, 0.25) is 0 Å². The third kappa shape index (κ3) is 6.67. The van der Waals surface area contributed by atoms with Crippen LogP contribution in [0.3, 0.4) is 0 Å². The van der Waals surface area contributed by atoms with E-state index in [-0.39, 0.29) is 18.0 Å². The van der Waals surface area contributed by atoms with Gasteiger partial charge in [-0.25, -0.2) is 0 Å². The third-order valence-electron chi connectivity index (χ3n) is 2.23. The molecular formula is C13H20ClN5. The lowest BCUT2D eigenvalue weighted by molar-refractivity contribution is 0.826. The van der Waals surface area contributed by atoms with Crippen molar-refractivity contribution in [1.82, 2.24) is 5.32 Å². The third-order valence-corrected chi connectivity index (χ3v) is 2.46. The fourth-order valence-corrected chi connectivity index (χ4v) is 1.69. The van der Waals surface area contributed by atoms with Crippen molar-refractivity contribution in [3.63, 3.8) is 0 Å². The van der Waals surface area contributed by atoms with Gasteiger partial charge >= 0.3 is 0 Å². The smallest absolute Gasteiger partial charge is 0.195 e. The van der Waals surface area contributed by atoms with Crippen LogP contribution >= 0.6 is 11.6 Å². The molecule has 0 bridgehead atoms. The minimum absolute atomic E-state index is 0.117. The van der Waals surface area contributed by atoms with Crippen molar-refractivity contribution in [1.29, 1.82) is 0 Å². The Morgan fingerprint density at radius 1 is 1.32 bits per heavy atom. The summed E-state index contributed by atoms with van der Waals surface area (Å²) in [6, 6.07) is 7.78. The van der Waals surface area contributed by atoms with Crippen LogP contribution < -0.4 is 16.8 Å². The fourth-order valence-electron chi connectivity index (χ4n) is 1.48. The number of nitrogens with two attached hydrogens (primary N) is 2. The number of halogens is 1. The molecule has 0 aliphatic carbocycles. The molecule has 0 radical (unpaired) electrons. The molecule has 0 amide bonds. The van der Waals surface area contributed by atoms with E-state index in [1.54, 1.807) is 0 Å². The largest absolute Gasteiger partial charge is 0.370 e. The van der Waals surface area contributed by atoms with Crippen LogP contribution in [-0.2, 0) is 6.42 Å². The lowest BCUT2D eigenvalue weighted by Crippen LogP contribution is -2.42. The summed E-state index contributed by atoms with van der Waals surface area (Å²) < 4.78 is 0. The molecule has 0 aliphatic rings. The Hall–Kier alpha value is -1.75. The van der Waals surface area contributed by atoms with Crippen molar-refractivity contribution in [2.75, 3.05) is 6.54 Å². The summed E-state index contributed by atoms with van der Waals surface area (Å²) >= 11 is 5.90. The van der Waals surface area contributed by atoms with Gasteiger partial charge in [-0.05, 0) is 38.0 Å². The maximum absolute atomic E-state index is 5.90. The number of rotatable bonds is 4. The highest BCUT2D eigenvalue weighted by Crippen LogP contribution is 2.10. The van der Waals surface area contributed by atoms with Crippen LogP contribution in [-0.4, -0.2) is 24.5 Å². The molecule has 0 unspecified atom stereocenters. The number of nitrogens with zero attached hydrogens (tertiary/aromatic N) is 2. The quantitative estimate of drug-likeness (QED) is 0.577. The number of guanidine groups is 2.